The molecule has 0 aliphatic carbocycles. The molecule has 0 saturated carbocycles. The van der Waals surface area contributed by atoms with Crippen molar-refractivity contribution < 1.29 is 13.2 Å². The van der Waals surface area contributed by atoms with Crippen LogP contribution >= 0.6 is 0 Å². The maximum absolute atomic E-state index is 12.1. The standard InChI is InChI=1S/C14H22O3S.C14H22.C5H12.8CH4/c1-14(2,3)10-5-11-18(15,16)13-8-6-12(17-4)7-9-13;1-13(2,3)11-7-9-12(10-8-11)14(4,5)6;1-5(2,3)4;;;;;;;;/h6-9H,5,10-11H2,1-4H3;7-10H,1-6H3;1-4H3;8*1H4. The van der Waals surface area contributed by atoms with Crippen LogP contribution in [0.15, 0.2) is 53.4 Å². The molecule has 0 aliphatic heterocycles. The minimum Gasteiger partial charge on any atom is -0.497 e. The summed E-state index contributed by atoms with van der Waals surface area (Å²) in [5.41, 5.74) is 4.01. The normalized spacial score (nSPS) is 10.4. The first-order valence-corrected chi connectivity index (χ1v) is 15.1. The number of rotatable bonds is 5. The van der Waals surface area contributed by atoms with Crippen LogP contribution in [-0.4, -0.2) is 21.3 Å². The maximum atomic E-state index is 12.1. The molecule has 276 valence electrons. The minimum atomic E-state index is -3.16. The quantitative estimate of drug-likeness (QED) is 0.320. The van der Waals surface area contributed by atoms with Crippen LogP contribution in [0.25, 0.3) is 0 Å². The van der Waals surface area contributed by atoms with Gasteiger partial charge in [0.05, 0.1) is 17.8 Å². The van der Waals surface area contributed by atoms with E-state index in [1.54, 1.807) is 31.4 Å². The summed E-state index contributed by atoms with van der Waals surface area (Å²) in [6, 6.07) is 15.6. The molecule has 0 radical (unpaired) electrons. The second-order valence-corrected chi connectivity index (χ2v) is 16.8. The van der Waals surface area contributed by atoms with Crippen molar-refractivity contribution in [3.05, 3.63) is 59.7 Å². The Morgan fingerprint density at radius 2 is 0.822 bits per heavy atom. The Bertz CT molecular complexity index is 966. The van der Waals surface area contributed by atoms with Gasteiger partial charge >= 0.3 is 0 Å². The van der Waals surface area contributed by atoms with Crippen LogP contribution in [-0.2, 0) is 20.7 Å². The highest BCUT2D eigenvalue weighted by Gasteiger charge is 2.18. The van der Waals surface area contributed by atoms with Crippen molar-refractivity contribution in [2.45, 2.75) is 178 Å². The minimum absolute atomic E-state index is 0. The SMILES string of the molecule is C.C.C.C.C.C.C.C.CC(C)(C)C.CC(C)(C)c1ccc(C(C)(C)C)cc1.COc1ccc(S(=O)(=O)CCCC(C)(C)C)cc1. The van der Waals surface area contributed by atoms with Gasteiger partial charge in [0, 0.05) is 0 Å². The predicted octanol–water partition coefficient (Wildman–Crippen LogP) is 14.7. The van der Waals surface area contributed by atoms with Crippen molar-refractivity contribution in [2.24, 2.45) is 10.8 Å². The predicted molar refractivity (Wildman–Crippen MR) is 217 cm³/mol. The van der Waals surface area contributed by atoms with Gasteiger partial charge in [-0.25, -0.2) is 8.42 Å². The lowest BCUT2D eigenvalue weighted by molar-refractivity contribution is 0.373. The smallest absolute Gasteiger partial charge is 0.178 e. The van der Waals surface area contributed by atoms with Crippen LogP contribution in [0.2, 0.25) is 0 Å². The number of ether oxygens (including phenoxy) is 1. The van der Waals surface area contributed by atoms with E-state index in [1.165, 1.54) is 11.1 Å². The number of methoxy groups -OCH3 is 1. The number of hydrogen-bond acceptors (Lipinski definition) is 3. The highest BCUT2D eigenvalue weighted by atomic mass is 32.2. The summed E-state index contributed by atoms with van der Waals surface area (Å²) in [7, 11) is -1.60. The Morgan fingerprint density at radius 1 is 0.533 bits per heavy atom. The number of sulfone groups is 1. The van der Waals surface area contributed by atoms with Crippen molar-refractivity contribution in [3.63, 3.8) is 0 Å². The fourth-order valence-electron chi connectivity index (χ4n) is 3.16. The molecule has 0 aromatic heterocycles. The second-order valence-electron chi connectivity index (χ2n) is 14.7. The average Bonchev–Trinajstić information content (AvgIpc) is 2.71. The van der Waals surface area contributed by atoms with E-state index in [4.69, 9.17) is 4.74 Å². The summed E-state index contributed by atoms with van der Waals surface area (Å²) < 4.78 is 29.2. The molecule has 4 heteroatoms. The van der Waals surface area contributed by atoms with Crippen LogP contribution in [0.3, 0.4) is 0 Å². The van der Waals surface area contributed by atoms with Crippen molar-refractivity contribution >= 4 is 9.84 Å². The summed E-state index contributed by atoms with van der Waals surface area (Å²) >= 11 is 0. The Labute approximate surface area is 289 Å². The molecule has 0 unspecified atom stereocenters. The van der Waals surface area contributed by atoms with Gasteiger partial charge in [-0.2, -0.15) is 0 Å². The molecule has 0 saturated heterocycles. The third kappa shape index (κ3) is 31.9. The molecule has 0 N–H and O–H groups in total. The lowest BCUT2D eigenvalue weighted by atomic mass is 9.82. The molecule has 2 rings (SSSR count). The summed E-state index contributed by atoms with van der Waals surface area (Å²) in [6.45, 7) is 28.6. The second kappa shape index (κ2) is 26.3. The van der Waals surface area contributed by atoms with E-state index in [1.807, 2.05) is 0 Å². The molecule has 0 heterocycles. The van der Waals surface area contributed by atoms with Gasteiger partial charge in [-0.05, 0) is 69.9 Å². The van der Waals surface area contributed by atoms with Gasteiger partial charge < -0.3 is 4.74 Å². The van der Waals surface area contributed by atoms with E-state index < -0.39 is 9.84 Å². The van der Waals surface area contributed by atoms with E-state index in [0.29, 0.717) is 22.5 Å². The number of hydrogen-bond donors (Lipinski definition) is 0. The molecule has 0 atom stereocenters. The molecule has 2 aromatic rings. The lowest BCUT2D eigenvalue weighted by Crippen LogP contribution is -2.14. The monoisotopic (exact) mass is 661 g/mol. The van der Waals surface area contributed by atoms with Crippen LogP contribution in [0.4, 0.5) is 0 Å². The van der Waals surface area contributed by atoms with Gasteiger partial charge in [-0.3, -0.25) is 0 Å². The van der Waals surface area contributed by atoms with Gasteiger partial charge in [0.1, 0.15) is 5.75 Å². The van der Waals surface area contributed by atoms with Crippen molar-refractivity contribution in [3.8, 4) is 5.75 Å². The van der Waals surface area contributed by atoms with Gasteiger partial charge in [0.15, 0.2) is 9.84 Å². The zero-order valence-corrected chi connectivity index (χ0v) is 27.2. The Morgan fingerprint density at radius 3 is 1.04 bits per heavy atom. The highest BCUT2D eigenvalue weighted by molar-refractivity contribution is 7.91. The summed E-state index contributed by atoms with van der Waals surface area (Å²) in [6.07, 6.45) is 1.60. The third-order valence-corrected chi connectivity index (χ3v) is 7.19. The fourth-order valence-corrected chi connectivity index (χ4v) is 4.47. The Balaban J connectivity index is -0.0000000627. The molecular formula is C41H88O3S. The zero-order valence-electron chi connectivity index (χ0n) is 26.4. The average molecular weight is 661 g/mol. The van der Waals surface area contributed by atoms with E-state index >= 15 is 0 Å². The molecule has 0 spiro atoms. The highest BCUT2D eigenvalue weighted by Crippen LogP contribution is 2.27. The van der Waals surface area contributed by atoms with Crippen molar-refractivity contribution in [2.75, 3.05) is 12.9 Å². The van der Waals surface area contributed by atoms with Crippen LogP contribution in [0, 0.1) is 10.8 Å². The molecular weight excluding hydrogens is 573 g/mol. The van der Waals surface area contributed by atoms with Crippen LogP contribution in [0.5, 0.6) is 5.75 Å². The molecule has 2 aromatic carbocycles. The number of benzene rings is 2. The maximum Gasteiger partial charge on any atom is 0.178 e. The Kier molecular flexibility index (Phi) is 38.4. The van der Waals surface area contributed by atoms with E-state index in [2.05, 4.69) is 114 Å². The van der Waals surface area contributed by atoms with E-state index in [-0.39, 0.29) is 81.4 Å². The molecule has 0 fully saturated rings. The largest absolute Gasteiger partial charge is 0.497 e. The first-order valence-electron chi connectivity index (χ1n) is 13.4. The van der Waals surface area contributed by atoms with Crippen molar-refractivity contribution in [1.82, 2.24) is 0 Å². The third-order valence-electron chi connectivity index (χ3n) is 5.38. The fraction of sp³-hybridized carbons (Fsp3) is 0.707. The lowest BCUT2D eigenvalue weighted by Gasteiger charge is -2.23. The molecule has 0 amide bonds. The molecule has 45 heavy (non-hydrogen) atoms. The Hall–Kier alpha value is -1.81. The summed E-state index contributed by atoms with van der Waals surface area (Å²) in [5, 5.41) is 0. The van der Waals surface area contributed by atoms with E-state index in [0.717, 1.165) is 6.42 Å². The van der Waals surface area contributed by atoms with E-state index in [9.17, 15) is 8.42 Å². The first-order chi connectivity index (χ1) is 16.5. The molecule has 3 nitrogen and oxygen atoms in total. The van der Waals surface area contributed by atoms with Crippen molar-refractivity contribution in [1.29, 1.82) is 0 Å². The first kappa shape index (κ1) is 65.8. The molecule has 0 aliphatic rings. The summed E-state index contributed by atoms with van der Waals surface area (Å²) in [5.74, 6) is 0.875. The topological polar surface area (TPSA) is 43.4 Å². The summed E-state index contributed by atoms with van der Waals surface area (Å²) in [4.78, 5) is 0.372. The van der Waals surface area contributed by atoms with Gasteiger partial charge in [0.2, 0.25) is 0 Å². The van der Waals surface area contributed by atoms with Gasteiger partial charge in [-0.15, -0.1) is 0 Å². The van der Waals surface area contributed by atoms with Gasteiger partial charge in [-0.1, -0.05) is 174 Å². The van der Waals surface area contributed by atoms with Crippen LogP contribution in [0.1, 0.15) is 173 Å². The van der Waals surface area contributed by atoms with Crippen LogP contribution < -0.4 is 4.74 Å². The zero-order chi connectivity index (χ0) is 29.3. The van der Waals surface area contributed by atoms with Gasteiger partial charge in [0.25, 0.3) is 0 Å². The molecule has 0 bridgehead atoms.